The van der Waals surface area contributed by atoms with Crippen LogP contribution in [0.25, 0.3) is 10.8 Å². The van der Waals surface area contributed by atoms with Gasteiger partial charge in [-0.25, -0.2) is 14.2 Å². The normalized spacial score (nSPS) is 19.4. The van der Waals surface area contributed by atoms with Crippen molar-refractivity contribution in [3.8, 4) is 0 Å². The van der Waals surface area contributed by atoms with Gasteiger partial charge in [-0.05, 0) is 57.6 Å². The van der Waals surface area contributed by atoms with Gasteiger partial charge in [0.25, 0.3) is 11.1 Å². The molecule has 0 bridgehead atoms. The molecule has 9 heteroatoms. The van der Waals surface area contributed by atoms with E-state index in [0.717, 1.165) is 0 Å². The number of carbonyl (C=O) groups is 2. The molecule has 1 aliphatic rings. The van der Waals surface area contributed by atoms with Crippen LogP contribution in [0.1, 0.15) is 53.9 Å². The van der Waals surface area contributed by atoms with E-state index in [0.29, 0.717) is 23.6 Å². The fourth-order valence-electron chi connectivity index (χ4n) is 4.39. The molecule has 0 radical (unpaired) electrons. The van der Waals surface area contributed by atoms with Crippen molar-refractivity contribution in [2.75, 3.05) is 0 Å². The standard InChI is InChI=1S/C25H35N3O6/c1-15(2)12-19(26-24(33)34-25(3,4)5)20(29)13-16-10-11-27-22(31)17-8-6-7-9-18(17)23(32)28(27)14-21(16)30/h6-9,15-16,19,21,30H,10-14H2,1-5H3,(H,26,33)/t16?,19-,21?/m0/s1. The summed E-state index contributed by atoms with van der Waals surface area (Å²) in [4.78, 5) is 51.4. The largest absolute Gasteiger partial charge is 0.444 e. The molecule has 2 heterocycles. The Bertz CT molecular complexity index is 1170. The number of aromatic nitrogens is 2. The minimum Gasteiger partial charge on any atom is -0.444 e. The summed E-state index contributed by atoms with van der Waals surface area (Å²) < 4.78 is 7.96. The molecule has 2 N–H and O–H groups in total. The average molecular weight is 474 g/mol. The van der Waals surface area contributed by atoms with Crippen molar-refractivity contribution < 1.29 is 19.4 Å². The highest BCUT2D eigenvalue weighted by molar-refractivity contribution is 5.87. The number of carbonyl (C=O) groups excluding carboxylic acids is 2. The van der Waals surface area contributed by atoms with Gasteiger partial charge in [-0.15, -0.1) is 0 Å². The number of ketones is 1. The molecule has 3 rings (SSSR count). The molecular formula is C25H35N3O6. The lowest BCUT2D eigenvalue weighted by molar-refractivity contribution is -0.123. The summed E-state index contributed by atoms with van der Waals surface area (Å²) >= 11 is 0. The first-order valence-corrected chi connectivity index (χ1v) is 11.8. The average Bonchev–Trinajstić information content (AvgIpc) is 2.89. The number of ether oxygens (including phenoxy) is 1. The number of Topliss-reactive ketones (excluding diaryl/α,β-unsaturated/α-hetero) is 1. The lowest BCUT2D eigenvalue weighted by Crippen LogP contribution is -2.45. The molecule has 1 aromatic carbocycles. The molecule has 0 saturated carbocycles. The Balaban J connectivity index is 1.80. The minimum absolute atomic E-state index is 0.0192. The van der Waals surface area contributed by atoms with Crippen molar-refractivity contribution in [2.24, 2.45) is 11.8 Å². The first-order valence-electron chi connectivity index (χ1n) is 11.8. The number of fused-ring (bicyclic) bond motifs is 2. The van der Waals surface area contributed by atoms with Gasteiger partial charge >= 0.3 is 6.09 Å². The summed E-state index contributed by atoms with van der Waals surface area (Å²) in [7, 11) is 0. The minimum atomic E-state index is -0.989. The topological polar surface area (TPSA) is 120 Å². The molecule has 3 atom stereocenters. The van der Waals surface area contributed by atoms with Crippen LogP contribution in [0.15, 0.2) is 33.9 Å². The Morgan fingerprint density at radius 3 is 2.26 bits per heavy atom. The third kappa shape index (κ3) is 5.94. The van der Waals surface area contributed by atoms with Crippen LogP contribution in [-0.4, -0.2) is 44.1 Å². The molecule has 1 aromatic heterocycles. The molecule has 0 fully saturated rings. The number of nitrogens with one attached hydrogen (secondary N) is 1. The predicted molar refractivity (Wildman–Crippen MR) is 129 cm³/mol. The lowest BCUT2D eigenvalue weighted by atomic mass is 9.88. The Morgan fingerprint density at radius 2 is 1.71 bits per heavy atom. The lowest BCUT2D eigenvalue weighted by Gasteiger charge is -2.26. The van der Waals surface area contributed by atoms with E-state index in [1.807, 2.05) is 13.8 Å². The van der Waals surface area contributed by atoms with Crippen LogP contribution in [0, 0.1) is 11.8 Å². The van der Waals surface area contributed by atoms with E-state index in [1.165, 1.54) is 9.36 Å². The van der Waals surface area contributed by atoms with Gasteiger partial charge in [0.05, 0.1) is 29.5 Å². The molecule has 186 valence electrons. The van der Waals surface area contributed by atoms with Crippen molar-refractivity contribution in [3.63, 3.8) is 0 Å². The van der Waals surface area contributed by atoms with Crippen molar-refractivity contribution in [3.05, 3.63) is 45.0 Å². The monoisotopic (exact) mass is 473 g/mol. The van der Waals surface area contributed by atoms with Crippen LogP contribution >= 0.6 is 0 Å². The first kappa shape index (κ1) is 25.7. The van der Waals surface area contributed by atoms with E-state index in [1.54, 1.807) is 45.0 Å². The summed E-state index contributed by atoms with van der Waals surface area (Å²) in [6.07, 6.45) is -0.843. The zero-order chi connectivity index (χ0) is 25.2. The van der Waals surface area contributed by atoms with E-state index >= 15 is 0 Å². The van der Waals surface area contributed by atoms with E-state index in [9.17, 15) is 24.3 Å². The van der Waals surface area contributed by atoms with E-state index in [4.69, 9.17) is 4.74 Å². The smallest absolute Gasteiger partial charge is 0.408 e. The number of rotatable bonds is 6. The van der Waals surface area contributed by atoms with Crippen molar-refractivity contribution in [2.45, 2.75) is 84.7 Å². The molecule has 1 aliphatic heterocycles. The van der Waals surface area contributed by atoms with E-state index in [-0.39, 0.29) is 42.3 Å². The quantitative estimate of drug-likeness (QED) is 0.665. The van der Waals surface area contributed by atoms with E-state index in [2.05, 4.69) is 5.32 Å². The van der Waals surface area contributed by atoms with Gasteiger partial charge in [-0.2, -0.15) is 0 Å². The van der Waals surface area contributed by atoms with Crippen LogP contribution in [0.2, 0.25) is 0 Å². The number of alkyl carbamates (subject to hydrolysis) is 1. The maximum absolute atomic E-state index is 13.2. The van der Waals surface area contributed by atoms with Gasteiger partial charge in [0.1, 0.15) is 5.60 Å². The molecule has 0 saturated heterocycles. The first-order chi connectivity index (χ1) is 15.9. The highest BCUT2D eigenvalue weighted by Crippen LogP contribution is 2.22. The van der Waals surface area contributed by atoms with Gasteiger partial charge < -0.3 is 15.2 Å². The molecule has 0 spiro atoms. The van der Waals surface area contributed by atoms with E-state index < -0.39 is 29.8 Å². The molecule has 2 unspecified atom stereocenters. The van der Waals surface area contributed by atoms with Gasteiger partial charge in [-0.1, -0.05) is 26.0 Å². The van der Waals surface area contributed by atoms with Gasteiger partial charge in [-0.3, -0.25) is 14.4 Å². The van der Waals surface area contributed by atoms with Gasteiger partial charge in [0.2, 0.25) is 0 Å². The van der Waals surface area contributed by atoms with Crippen LogP contribution in [-0.2, 0) is 22.6 Å². The molecule has 34 heavy (non-hydrogen) atoms. The second kappa shape index (κ2) is 10.1. The van der Waals surface area contributed by atoms with Crippen molar-refractivity contribution in [1.29, 1.82) is 0 Å². The summed E-state index contributed by atoms with van der Waals surface area (Å²) in [5.41, 5.74) is -1.33. The molecule has 9 nitrogen and oxygen atoms in total. The Labute approximate surface area is 198 Å². The number of aliphatic hydroxyl groups is 1. The van der Waals surface area contributed by atoms with Gasteiger partial charge in [0.15, 0.2) is 5.78 Å². The molecule has 1 amide bonds. The van der Waals surface area contributed by atoms with Crippen molar-refractivity contribution in [1.82, 2.24) is 14.7 Å². The van der Waals surface area contributed by atoms with Crippen molar-refractivity contribution >= 4 is 22.6 Å². The van der Waals surface area contributed by atoms with Gasteiger partial charge in [0, 0.05) is 13.0 Å². The third-order valence-electron chi connectivity index (χ3n) is 6.01. The Hall–Kier alpha value is -2.94. The summed E-state index contributed by atoms with van der Waals surface area (Å²) in [5.74, 6) is -0.520. The second-order valence-corrected chi connectivity index (χ2v) is 10.5. The number of hydrogen-bond donors (Lipinski definition) is 2. The molecular weight excluding hydrogens is 438 g/mol. The second-order valence-electron chi connectivity index (χ2n) is 10.5. The number of hydrogen-bond acceptors (Lipinski definition) is 6. The number of aliphatic hydroxyl groups excluding tert-OH is 1. The highest BCUT2D eigenvalue weighted by Gasteiger charge is 2.32. The zero-order valence-electron chi connectivity index (χ0n) is 20.5. The van der Waals surface area contributed by atoms with Crippen LogP contribution < -0.4 is 16.4 Å². The summed E-state index contributed by atoms with van der Waals surface area (Å²) in [5, 5.41) is 14.2. The fourth-order valence-corrected chi connectivity index (χ4v) is 4.39. The SMILES string of the molecule is CC(C)C[C@H](NC(=O)OC(C)(C)C)C(=O)CC1CCn2c(=O)c3ccccc3c(=O)n2CC1O. The Morgan fingerprint density at radius 1 is 1.12 bits per heavy atom. The molecule has 0 aliphatic carbocycles. The number of benzene rings is 1. The van der Waals surface area contributed by atoms with Crippen LogP contribution in [0.5, 0.6) is 0 Å². The number of amides is 1. The molecule has 2 aromatic rings. The predicted octanol–water partition coefficient (Wildman–Crippen LogP) is 2.44. The maximum Gasteiger partial charge on any atom is 0.408 e. The summed E-state index contributed by atoms with van der Waals surface area (Å²) in [6.45, 7) is 9.29. The Kier molecular flexibility index (Phi) is 7.65. The number of nitrogens with zero attached hydrogens (tertiary/aromatic N) is 2. The maximum atomic E-state index is 13.2. The highest BCUT2D eigenvalue weighted by atomic mass is 16.6. The zero-order valence-corrected chi connectivity index (χ0v) is 20.5. The summed E-state index contributed by atoms with van der Waals surface area (Å²) in [6, 6.07) is 5.88. The van der Waals surface area contributed by atoms with Crippen LogP contribution in [0.4, 0.5) is 4.79 Å². The van der Waals surface area contributed by atoms with Crippen LogP contribution in [0.3, 0.4) is 0 Å². The third-order valence-corrected chi connectivity index (χ3v) is 6.01. The fraction of sp³-hybridized carbons (Fsp3) is 0.600.